The molecule has 1 aliphatic heterocycles. The number of methoxy groups -OCH3 is 1. The summed E-state index contributed by atoms with van der Waals surface area (Å²) in [5.74, 6) is 1.30. The Bertz CT molecular complexity index is 666. The summed E-state index contributed by atoms with van der Waals surface area (Å²) in [6, 6.07) is -0.684. The number of hydrogen-bond acceptors (Lipinski definition) is 5. The molecule has 182 valence electrons. The summed E-state index contributed by atoms with van der Waals surface area (Å²) < 4.78 is 5.06. The van der Waals surface area contributed by atoms with E-state index in [1.54, 1.807) is 4.90 Å². The number of carbonyl (C=O) groups is 3. The molecule has 0 radical (unpaired) electrons. The summed E-state index contributed by atoms with van der Waals surface area (Å²) in [5.41, 5.74) is 5.85. The SMILES string of the molecule is COCC(=O)N1CC(N(CC(C)C)C(=O)C2CC2)CC1C(=O)NCC1CCCC(CN)C1. The molecule has 0 spiro atoms. The van der Waals surface area contributed by atoms with E-state index in [-0.39, 0.29) is 36.3 Å². The minimum Gasteiger partial charge on any atom is -0.375 e. The third kappa shape index (κ3) is 6.44. The minimum absolute atomic E-state index is 0.0575. The number of nitrogens with two attached hydrogens (primary N) is 1. The first kappa shape index (κ1) is 25.0. The predicted octanol–water partition coefficient (Wildman–Crippen LogP) is 1.38. The van der Waals surface area contributed by atoms with Crippen LogP contribution in [0.2, 0.25) is 0 Å². The van der Waals surface area contributed by atoms with Crippen LogP contribution in [0, 0.1) is 23.7 Å². The largest absolute Gasteiger partial charge is 0.375 e. The highest BCUT2D eigenvalue weighted by molar-refractivity contribution is 5.89. The molecule has 3 fully saturated rings. The fourth-order valence-electron chi connectivity index (χ4n) is 5.31. The smallest absolute Gasteiger partial charge is 0.249 e. The van der Waals surface area contributed by atoms with Crippen molar-refractivity contribution in [3.8, 4) is 0 Å². The third-order valence-electron chi connectivity index (χ3n) is 7.17. The molecular formula is C24H42N4O4. The number of likely N-dealkylation sites (tertiary alicyclic amines) is 1. The van der Waals surface area contributed by atoms with E-state index in [0.29, 0.717) is 50.4 Å². The van der Waals surface area contributed by atoms with Gasteiger partial charge in [-0.15, -0.1) is 0 Å². The summed E-state index contributed by atoms with van der Waals surface area (Å²) >= 11 is 0. The van der Waals surface area contributed by atoms with Crippen molar-refractivity contribution in [1.29, 1.82) is 0 Å². The second-order valence-electron chi connectivity index (χ2n) is 10.4. The molecule has 0 aromatic rings. The molecule has 2 saturated carbocycles. The van der Waals surface area contributed by atoms with Gasteiger partial charge in [-0.1, -0.05) is 20.3 Å². The van der Waals surface area contributed by atoms with Gasteiger partial charge >= 0.3 is 0 Å². The Balaban J connectivity index is 1.66. The number of nitrogens with one attached hydrogen (secondary N) is 1. The molecule has 8 heteroatoms. The Morgan fingerprint density at radius 2 is 1.84 bits per heavy atom. The van der Waals surface area contributed by atoms with E-state index >= 15 is 0 Å². The van der Waals surface area contributed by atoms with Gasteiger partial charge < -0.3 is 25.6 Å². The van der Waals surface area contributed by atoms with Crippen LogP contribution in [0.25, 0.3) is 0 Å². The summed E-state index contributed by atoms with van der Waals surface area (Å²) in [6.45, 7) is 6.51. The van der Waals surface area contributed by atoms with Gasteiger partial charge in [-0.05, 0) is 62.8 Å². The zero-order chi connectivity index (χ0) is 23.3. The molecule has 4 atom stereocenters. The Labute approximate surface area is 192 Å². The molecule has 1 heterocycles. The third-order valence-corrected chi connectivity index (χ3v) is 7.17. The first-order valence-corrected chi connectivity index (χ1v) is 12.4. The van der Waals surface area contributed by atoms with E-state index in [4.69, 9.17) is 10.5 Å². The second-order valence-corrected chi connectivity index (χ2v) is 10.4. The maximum atomic E-state index is 13.2. The molecule has 3 rings (SSSR count). The van der Waals surface area contributed by atoms with Gasteiger partial charge in [0.25, 0.3) is 0 Å². The highest BCUT2D eigenvalue weighted by atomic mass is 16.5. The van der Waals surface area contributed by atoms with Crippen molar-refractivity contribution in [2.75, 3.05) is 39.9 Å². The van der Waals surface area contributed by atoms with Gasteiger partial charge in [0.05, 0.1) is 6.04 Å². The molecule has 0 aromatic heterocycles. The molecule has 8 nitrogen and oxygen atoms in total. The Hall–Kier alpha value is -1.67. The van der Waals surface area contributed by atoms with Gasteiger partial charge in [0, 0.05) is 32.7 Å². The Morgan fingerprint density at radius 3 is 2.47 bits per heavy atom. The van der Waals surface area contributed by atoms with Crippen molar-refractivity contribution in [1.82, 2.24) is 15.1 Å². The van der Waals surface area contributed by atoms with Gasteiger partial charge in [-0.2, -0.15) is 0 Å². The summed E-state index contributed by atoms with van der Waals surface area (Å²) in [7, 11) is 1.49. The van der Waals surface area contributed by atoms with Crippen LogP contribution in [0.1, 0.15) is 58.8 Å². The monoisotopic (exact) mass is 450 g/mol. The zero-order valence-electron chi connectivity index (χ0n) is 20.1. The van der Waals surface area contributed by atoms with Crippen LogP contribution in [0.4, 0.5) is 0 Å². The number of hydrogen-bond donors (Lipinski definition) is 2. The van der Waals surface area contributed by atoms with Gasteiger partial charge in [0.1, 0.15) is 12.6 Å². The lowest BCUT2D eigenvalue weighted by molar-refractivity contribution is -0.141. The van der Waals surface area contributed by atoms with Crippen LogP contribution >= 0.6 is 0 Å². The molecule has 3 amide bonds. The normalized spacial score (nSPS) is 28.1. The lowest BCUT2D eigenvalue weighted by atomic mass is 9.81. The van der Waals surface area contributed by atoms with Crippen LogP contribution in [0.15, 0.2) is 0 Å². The highest BCUT2D eigenvalue weighted by Gasteiger charge is 2.45. The van der Waals surface area contributed by atoms with Crippen LogP contribution in [-0.4, -0.2) is 79.5 Å². The Morgan fingerprint density at radius 1 is 1.12 bits per heavy atom. The average Bonchev–Trinajstić information content (AvgIpc) is 3.53. The lowest BCUT2D eigenvalue weighted by Crippen LogP contribution is -2.48. The first-order valence-electron chi connectivity index (χ1n) is 12.4. The van der Waals surface area contributed by atoms with E-state index in [1.165, 1.54) is 13.5 Å². The quantitative estimate of drug-likeness (QED) is 0.523. The predicted molar refractivity (Wildman–Crippen MR) is 123 cm³/mol. The van der Waals surface area contributed by atoms with Crippen molar-refractivity contribution in [3.63, 3.8) is 0 Å². The highest BCUT2D eigenvalue weighted by Crippen LogP contribution is 2.34. The average molecular weight is 451 g/mol. The van der Waals surface area contributed by atoms with Crippen molar-refractivity contribution < 1.29 is 19.1 Å². The number of ether oxygens (including phenoxy) is 1. The summed E-state index contributed by atoms with van der Waals surface area (Å²) in [4.78, 5) is 42.5. The van der Waals surface area contributed by atoms with E-state index in [9.17, 15) is 14.4 Å². The van der Waals surface area contributed by atoms with Crippen molar-refractivity contribution in [2.24, 2.45) is 29.4 Å². The van der Waals surface area contributed by atoms with Gasteiger partial charge in [0.15, 0.2) is 0 Å². The maximum Gasteiger partial charge on any atom is 0.249 e. The van der Waals surface area contributed by atoms with Crippen molar-refractivity contribution in [3.05, 3.63) is 0 Å². The molecule has 1 saturated heterocycles. The topological polar surface area (TPSA) is 105 Å². The van der Waals surface area contributed by atoms with Crippen molar-refractivity contribution in [2.45, 2.75) is 70.9 Å². The number of rotatable bonds is 10. The van der Waals surface area contributed by atoms with E-state index < -0.39 is 6.04 Å². The second kappa shape index (κ2) is 11.5. The molecule has 3 aliphatic rings. The van der Waals surface area contributed by atoms with Crippen molar-refractivity contribution >= 4 is 17.7 Å². The summed E-state index contributed by atoms with van der Waals surface area (Å²) in [5, 5.41) is 3.11. The van der Waals surface area contributed by atoms with Crippen LogP contribution in [0.5, 0.6) is 0 Å². The van der Waals surface area contributed by atoms with Crippen LogP contribution < -0.4 is 11.1 Å². The number of nitrogens with zero attached hydrogens (tertiary/aromatic N) is 2. The molecular weight excluding hydrogens is 408 g/mol. The molecule has 3 N–H and O–H groups in total. The fraction of sp³-hybridized carbons (Fsp3) is 0.875. The molecule has 4 unspecified atom stereocenters. The molecule has 2 aliphatic carbocycles. The van der Waals surface area contributed by atoms with E-state index in [1.807, 2.05) is 4.90 Å². The van der Waals surface area contributed by atoms with Gasteiger partial charge in [0.2, 0.25) is 17.7 Å². The minimum atomic E-state index is -0.557. The number of amides is 3. The van der Waals surface area contributed by atoms with Crippen LogP contribution in [0.3, 0.4) is 0 Å². The van der Waals surface area contributed by atoms with E-state index in [2.05, 4.69) is 19.2 Å². The standard InChI is InChI=1S/C24H42N4O4/c1-16(2)13-27(24(31)19-7-8-19)20-10-21(28(14-20)22(29)15-32-3)23(30)26-12-18-6-4-5-17(9-18)11-25/h16-21H,4-15,25H2,1-3H3,(H,26,30). The van der Waals surface area contributed by atoms with Gasteiger partial charge in [-0.25, -0.2) is 0 Å². The zero-order valence-corrected chi connectivity index (χ0v) is 20.1. The number of carbonyl (C=O) groups excluding carboxylic acids is 3. The van der Waals surface area contributed by atoms with Crippen LogP contribution in [-0.2, 0) is 19.1 Å². The maximum absolute atomic E-state index is 13.2. The van der Waals surface area contributed by atoms with E-state index in [0.717, 1.165) is 32.1 Å². The molecule has 0 aromatic carbocycles. The lowest BCUT2D eigenvalue weighted by Gasteiger charge is -2.30. The van der Waals surface area contributed by atoms with Gasteiger partial charge in [-0.3, -0.25) is 14.4 Å². The summed E-state index contributed by atoms with van der Waals surface area (Å²) in [6.07, 6.45) is 6.86. The first-order chi connectivity index (χ1) is 15.3. The fourth-order valence-corrected chi connectivity index (χ4v) is 5.31. The molecule has 0 bridgehead atoms. The molecule has 32 heavy (non-hydrogen) atoms. The Kier molecular flexibility index (Phi) is 8.94.